The van der Waals surface area contributed by atoms with Gasteiger partial charge in [-0.05, 0) is 31.6 Å². The van der Waals surface area contributed by atoms with Gasteiger partial charge in [-0.15, -0.1) is 0 Å². The number of rotatable bonds is 1. The number of hydrogen-bond donors (Lipinski definition) is 0. The third-order valence-corrected chi connectivity index (χ3v) is 4.00. The summed E-state index contributed by atoms with van der Waals surface area (Å²) in [6.07, 6.45) is 7.35. The van der Waals surface area contributed by atoms with Crippen LogP contribution in [-0.4, -0.2) is 4.32 Å². The third kappa shape index (κ3) is 0.637. The molecule has 0 aromatic heterocycles. The van der Waals surface area contributed by atoms with Gasteiger partial charge in [-0.3, -0.25) is 0 Å². The summed E-state index contributed by atoms with van der Waals surface area (Å²) in [5.74, 6) is 1.06. The quantitative estimate of drug-likeness (QED) is 0.537. The Labute approximate surface area is 58.8 Å². The van der Waals surface area contributed by atoms with E-state index in [-0.39, 0.29) is 0 Å². The van der Waals surface area contributed by atoms with E-state index < -0.39 is 0 Å². The average molecular weight is 175 g/mol. The van der Waals surface area contributed by atoms with E-state index in [2.05, 4.69) is 15.9 Å². The van der Waals surface area contributed by atoms with Crippen LogP contribution in [0.15, 0.2) is 0 Å². The summed E-state index contributed by atoms with van der Waals surface area (Å²) >= 11 is 3.77. The zero-order chi connectivity index (χ0) is 5.61. The van der Waals surface area contributed by atoms with E-state index in [0.717, 1.165) is 5.92 Å². The Kier molecular flexibility index (Phi) is 0.989. The highest BCUT2D eigenvalue weighted by molar-refractivity contribution is 9.10. The lowest BCUT2D eigenvalue weighted by molar-refractivity contribution is 0.300. The largest absolute Gasteiger partial charge is 0.0850 e. The van der Waals surface area contributed by atoms with Crippen molar-refractivity contribution in [2.75, 3.05) is 0 Å². The van der Waals surface area contributed by atoms with Gasteiger partial charge in [0.15, 0.2) is 0 Å². The van der Waals surface area contributed by atoms with Crippen LogP contribution in [0.5, 0.6) is 0 Å². The molecule has 0 aromatic carbocycles. The number of halogens is 1. The zero-order valence-electron chi connectivity index (χ0n) is 4.99. The predicted molar refractivity (Wildman–Crippen MR) is 38.2 cm³/mol. The Hall–Kier alpha value is 0.480. The Morgan fingerprint density at radius 1 is 1.25 bits per heavy atom. The molecule has 0 unspecified atom stereocenters. The van der Waals surface area contributed by atoms with Gasteiger partial charge < -0.3 is 0 Å². The van der Waals surface area contributed by atoms with Gasteiger partial charge in [0, 0.05) is 4.32 Å². The molecule has 2 fully saturated rings. The molecule has 0 bridgehead atoms. The van der Waals surface area contributed by atoms with Crippen LogP contribution < -0.4 is 0 Å². The highest BCUT2D eigenvalue weighted by atomic mass is 79.9. The van der Waals surface area contributed by atoms with Crippen LogP contribution in [0, 0.1) is 5.92 Å². The molecule has 2 aliphatic rings. The molecular weight excluding hydrogens is 164 g/mol. The van der Waals surface area contributed by atoms with E-state index in [1.165, 1.54) is 32.1 Å². The molecule has 2 rings (SSSR count). The van der Waals surface area contributed by atoms with Crippen molar-refractivity contribution in [2.24, 2.45) is 5.92 Å². The zero-order valence-corrected chi connectivity index (χ0v) is 6.58. The first-order valence-electron chi connectivity index (χ1n) is 3.50. The van der Waals surface area contributed by atoms with E-state index in [1.54, 1.807) is 0 Å². The second-order valence-electron chi connectivity index (χ2n) is 3.16. The van der Waals surface area contributed by atoms with Crippen LogP contribution >= 0.6 is 15.9 Å². The van der Waals surface area contributed by atoms with Crippen LogP contribution in [0.3, 0.4) is 0 Å². The lowest BCUT2D eigenvalue weighted by Crippen LogP contribution is -2.22. The molecule has 8 heavy (non-hydrogen) atoms. The van der Waals surface area contributed by atoms with Crippen molar-refractivity contribution in [1.82, 2.24) is 0 Å². The van der Waals surface area contributed by atoms with Crippen molar-refractivity contribution in [3.63, 3.8) is 0 Å². The van der Waals surface area contributed by atoms with Gasteiger partial charge in [0.1, 0.15) is 0 Å². The maximum Gasteiger partial charge on any atom is 0.0287 e. The normalized spacial score (nSPS) is 34.1. The van der Waals surface area contributed by atoms with Crippen LogP contribution in [0.1, 0.15) is 32.1 Å². The van der Waals surface area contributed by atoms with Crippen LogP contribution in [-0.2, 0) is 0 Å². The minimum absolute atomic E-state index is 0.658. The molecule has 0 aromatic rings. The summed E-state index contributed by atoms with van der Waals surface area (Å²) in [5.41, 5.74) is 0. The van der Waals surface area contributed by atoms with Crippen molar-refractivity contribution in [1.29, 1.82) is 0 Å². The fourth-order valence-electron chi connectivity index (χ4n) is 1.45. The molecular formula is C7H11Br. The SMILES string of the molecule is BrC1(C2CCC2)CC1. The highest BCUT2D eigenvalue weighted by Gasteiger charge is 2.48. The Balaban J connectivity index is 1.95. The molecule has 0 nitrogen and oxygen atoms in total. The van der Waals surface area contributed by atoms with Crippen molar-refractivity contribution in [3.8, 4) is 0 Å². The number of alkyl halides is 1. The molecule has 1 heteroatoms. The van der Waals surface area contributed by atoms with Crippen LogP contribution in [0.25, 0.3) is 0 Å². The smallest absolute Gasteiger partial charge is 0.0287 e. The molecule has 2 aliphatic carbocycles. The van der Waals surface area contributed by atoms with Gasteiger partial charge in [-0.2, -0.15) is 0 Å². The molecule has 0 amide bonds. The Morgan fingerprint density at radius 3 is 2.00 bits per heavy atom. The van der Waals surface area contributed by atoms with Crippen molar-refractivity contribution >= 4 is 15.9 Å². The first-order chi connectivity index (χ1) is 3.81. The van der Waals surface area contributed by atoms with E-state index in [1.807, 2.05) is 0 Å². The predicted octanol–water partition coefficient (Wildman–Crippen LogP) is 2.71. The second kappa shape index (κ2) is 1.50. The van der Waals surface area contributed by atoms with Gasteiger partial charge in [-0.25, -0.2) is 0 Å². The molecule has 0 heterocycles. The summed E-state index contributed by atoms with van der Waals surface area (Å²) in [6, 6.07) is 0. The highest BCUT2D eigenvalue weighted by Crippen LogP contribution is 2.56. The molecule has 0 radical (unpaired) electrons. The summed E-state index contributed by atoms with van der Waals surface area (Å²) < 4.78 is 0.658. The van der Waals surface area contributed by atoms with Gasteiger partial charge in [0.25, 0.3) is 0 Å². The van der Waals surface area contributed by atoms with Crippen molar-refractivity contribution in [3.05, 3.63) is 0 Å². The Morgan fingerprint density at radius 2 is 1.88 bits per heavy atom. The van der Waals surface area contributed by atoms with E-state index in [9.17, 15) is 0 Å². The molecule has 0 N–H and O–H groups in total. The summed E-state index contributed by atoms with van der Waals surface area (Å²) in [5, 5.41) is 0. The molecule has 0 atom stereocenters. The minimum atomic E-state index is 0.658. The molecule has 2 saturated carbocycles. The van der Waals surface area contributed by atoms with Crippen LogP contribution in [0.4, 0.5) is 0 Å². The lowest BCUT2D eigenvalue weighted by atomic mass is 9.82. The maximum absolute atomic E-state index is 3.77. The summed E-state index contributed by atoms with van der Waals surface area (Å²) in [4.78, 5) is 0. The van der Waals surface area contributed by atoms with E-state index in [4.69, 9.17) is 0 Å². The van der Waals surface area contributed by atoms with Gasteiger partial charge in [-0.1, -0.05) is 22.4 Å². The molecule has 46 valence electrons. The maximum atomic E-state index is 3.77. The van der Waals surface area contributed by atoms with E-state index in [0.29, 0.717) is 4.32 Å². The van der Waals surface area contributed by atoms with Crippen molar-refractivity contribution < 1.29 is 0 Å². The first-order valence-corrected chi connectivity index (χ1v) is 4.29. The standard InChI is InChI=1S/C7H11Br/c8-7(4-5-7)6-2-1-3-6/h6H,1-5H2. The second-order valence-corrected chi connectivity index (χ2v) is 4.74. The lowest BCUT2D eigenvalue weighted by Gasteiger charge is -2.29. The summed E-state index contributed by atoms with van der Waals surface area (Å²) in [7, 11) is 0. The monoisotopic (exact) mass is 174 g/mol. The number of hydrogen-bond acceptors (Lipinski definition) is 0. The van der Waals surface area contributed by atoms with Crippen molar-refractivity contribution in [2.45, 2.75) is 36.4 Å². The Bertz CT molecular complexity index is 101. The fraction of sp³-hybridized carbons (Fsp3) is 1.00. The molecule has 0 saturated heterocycles. The molecule has 0 spiro atoms. The van der Waals surface area contributed by atoms with Gasteiger partial charge in [0.05, 0.1) is 0 Å². The molecule has 0 aliphatic heterocycles. The fourth-order valence-corrected chi connectivity index (χ4v) is 2.11. The van der Waals surface area contributed by atoms with Crippen LogP contribution in [0.2, 0.25) is 0 Å². The first kappa shape index (κ1) is 5.28. The topological polar surface area (TPSA) is 0 Å². The minimum Gasteiger partial charge on any atom is -0.0850 e. The van der Waals surface area contributed by atoms with Gasteiger partial charge in [0.2, 0.25) is 0 Å². The van der Waals surface area contributed by atoms with E-state index >= 15 is 0 Å². The summed E-state index contributed by atoms with van der Waals surface area (Å²) in [6.45, 7) is 0. The van der Waals surface area contributed by atoms with Gasteiger partial charge >= 0.3 is 0 Å². The average Bonchev–Trinajstić information content (AvgIpc) is 2.12. The third-order valence-electron chi connectivity index (χ3n) is 2.56.